The summed E-state index contributed by atoms with van der Waals surface area (Å²) in [6, 6.07) is 53.0. The molecule has 0 unspecified atom stereocenters. The Balaban J connectivity index is 0.00000259. The molecule has 2 heteroatoms. The van der Waals surface area contributed by atoms with Crippen LogP contribution in [0.5, 0.6) is 0 Å². The number of benzene rings is 5. The van der Waals surface area contributed by atoms with Crippen LogP contribution in [0.4, 0.5) is 0 Å². The van der Waals surface area contributed by atoms with Gasteiger partial charge >= 0.3 is 0 Å². The molecular formula is C31H26BrP. The molecule has 0 saturated carbocycles. The van der Waals surface area contributed by atoms with E-state index in [0.29, 0.717) is 0 Å². The molecule has 0 amide bonds. The second-order valence-corrected chi connectivity index (χ2v) is 11.5. The molecule has 0 spiro atoms. The minimum absolute atomic E-state index is 0. The van der Waals surface area contributed by atoms with Gasteiger partial charge in [0.15, 0.2) is 0 Å². The first-order valence-corrected chi connectivity index (χ1v) is 13.0. The standard InChI is InChI=1S/C31H26P.BrH/c1-5-15-27(16-6-1)28-17-13-14-26(24-28)25-32(29-18-7-2-8-19-29,30-20-9-3-10-21-30)31-22-11-4-12-23-31;/h1-24H,25H2;1H/q+1;/p-1. The summed E-state index contributed by atoms with van der Waals surface area (Å²) in [6.45, 7) is 0. The highest BCUT2D eigenvalue weighted by molar-refractivity contribution is 7.95. The SMILES string of the molecule is [Br-].c1ccc(-c2cccc(C[P+](c3ccccc3)(c3ccccc3)c3ccccc3)c2)cc1. The lowest BCUT2D eigenvalue weighted by atomic mass is 10.0. The Kier molecular flexibility index (Phi) is 7.55. The highest BCUT2D eigenvalue weighted by Crippen LogP contribution is 2.58. The Hall–Kier alpha value is -2.99. The largest absolute Gasteiger partial charge is 1.00 e. The third-order valence-corrected chi connectivity index (χ3v) is 10.4. The van der Waals surface area contributed by atoms with Crippen LogP contribution in [0.25, 0.3) is 11.1 Å². The highest BCUT2D eigenvalue weighted by atomic mass is 79.9. The van der Waals surface area contributed by atoms with Crippen LogP contribution in [0.1, 0.15) is 5.56 Å². The van der Waals surface area contributed by atoms with Crippen molar-refractivity contribution >= 4 is 23.2 Å². The molecule has 33 heavy (non-hydrogen) atoms. The first kappa shape index (κ1) is 23.2. The molecule has 0 bridgehead atoms. The Morgan fingerprint density at radius 3 is 1.24 bits per heavy atom. The van der Waals surface area contributed by atoms with E-state index in [1.165, 1.54) is 32.6 Å². The zero-order chi connectivity index (χ0) is 21.6. The molecule has 162 valence electrons. The predicted molar refractivity (Wildman–Crippen MR) is 141 cm³/mol. The van der Waals surface area contributed by atoms with Gasteiger partial charge in [0.1, 0.15) is 23.2 Å². The van der Waals surface area contributed by atoms with Crippen molar-refractivity contribution in [1.82, 2.24) is 0 Å². The van der Waals surface area contributed by atoms with Gasteiger partial charge in [0.25, 0.3) is 0 Å². The van der Waals surface area contributed by atoms with E-state index in [2.05, 4.69) is 146 Å². The summed E-state index contributed by atoms with van der Waals surface area (Å²) in [6.07, 6.45) is 0.992. The maximum atomic E-state index is 2.37. The maximum Gasteiger partial charge on any atom is 0.116 e. The van der Waals surface area contributed by atoms with Crippen LogP contribution < -0.4 is 32.9 Å². The van der Waals surface area contributed by atoms with Gasteiger partial charge in [-0.1, -0.05) is 103 Å². The Labute approximate surface area is 208 Å². The number of halogens is 1. The summed E-state index contributed by atoms with van der Waals surface area (Å²) in [5.41, 5.74) is 3.91. The van der Waals surface area contributed by atoms with Gasteiger partial charge in [0.05, 0.1) is 6.16 Å². The van der Waals surface area contributed by atoms with E-state index < -0.39 is 7.26 Å². The lowest BCUT2D eigenvalue weighted by molar-refractivity contribution is -0.00000614. The topological polar surface area (TPSA) is 0 Å². The van der Waals surface area contributed by atoms with Crippen LogP contribution in [0.3, 0.4) is 0 Å². The van der Waals surface area contributed by atoms with Crippen molar-refractivity contribution in [2.24, 2.45) is 0 Å². The summed E-state index contributed by atoms with van der Waals surface area (Å²) in [4.78, 5) is 0. The predicted octanol–water partition coefficient (Wildman–Crippen LogP) is 3.85. The first-order chi connectivity index (χ1) is 15.9. The van der Waals surface area contributed by atoms with Crippen LogP contribution in [-0.2, 0) is 6.16 Å². The summed E-state index contributed by atoms with van der Waals surface area (Å²) in [5, 5.41) is 4.26. The number of hydrogen-bond acceptors (Lipinski definition) is 0. The molecule has 0 heterocycles. The van der Waals surface area contributed by atoms with Gasteiger partial charge in [-0.15, -0.1) is 0 Å². The number of rotatable bonds is 6. The van der Waals surface area contributed by atoms with E-state index in [1.807, 2.05) is 0 Å². The van der Waals surface area contributed by atoms with Gasteiger partial charge in [0.2, 0.25) is 0 Å². The van der Waals surface area contributed by atoms with Gasteiger partial charge in [-0.2, -0.15) is 0 Å². The van der Waals surface area contributed by atoms with Gasteiger partial charge in [-0.3, -0.25) is 0 Å². The lowest BCUT2D eigenvalue weighted by Crippen LogP contribution is -3.00. The minimum atomic E-state index is -1.89. The van der Waals surface area contributed by atoms with E-state index in [0.717, 1.165) is 6.16 Å². The first-order valence-electron chi connectivity index (χ1n) is 11.1. The fraction of sp³-hybridized carbons (Fsp3) is 0.0323. The zero-order valence-corrected chi connectivity index (χ0v) is 20.9. The van der Waals surface area contributed by atoms with Crippen molar-refractivity contribution < 1.29 is 17.0 Å². The van der Waals surface area contributed by atoms with Crippen LogP contribution >= 0.6 is 7.26 Å². The van der Waals surface area contributed by atoms with E-state index in [1.54, 1.807) is 0 Å². The molecule has 5 rings (SSSR count). The average Bonchev–Trinajstić information content (AvgIpc) is 2.89. The third kappa shape index (κ3) is 4.86. The van der Waals surface area contributed by atoms with Crippen molar-refractivity contribution in [2.75, 3.05) is 0 Å². The summed E-state index contributed by atoms with van der Waals surface area (Å²) >= 11 is 0. The molecule has 0 N–H and O–H groups in total. The normalized spacial score (nSPS) is 10.9. The molecule has 0 aromatic heterocycles. The van der Waals surface area contributed by atoms with Crippen molar-refractivity contribution in [2.45, 2.75) is 6.16 Å². The van der Waals surface area contributed by atoms with Crippen LogP contribution in [0.15, 0.2) is 146 Å². The molecule has 0 fully saturated rings. The highest BCUT2D eigenvalue weighted by Gasteiger charge is 2.45. The average molecular weight is 509 g/mol. The molecule has 5 aromatic rings. The van der Waals surface area contributed by atoms with E-state index in [9.17, 15) is 0 Å². The molecule has 0 aliphatic rings. The Bertz CT molecular complexity index is 1170. The summed E-state index contributed by atoms with van der Waals surface area (Å²) in [7, 11) is -1.89. The van der Waals surface area contributed by atoms with Crippen LogP contribution in [-0.4, -0.2) is 0 Å². The molecule has 0 aliphatic heterocycles. The molecule has 0 atom stereocenters. The van der Waals surface area contributed by atoms with E-state index in [4.69, 9.17) is 0 Å². The molecular weight excluding hydrogens is 483 g/mol. The molecule has 0 nitrogen and oxygen atoms in total. The van der Waals surface area contributed by atoms with Crippen LogP contribution in [0, 0.1) is 0 Å². The van der Waals surface area contributed by atoms with Gasteiger partial charge in [-0.25, -0.2) is 0 Å². The van der Waals surface area contributed by atoms with E-state index in [-0.39, 0.29) is 17.0 Å². The monoisotopic (exact) mass is 508 g/mol. The fourth-order valence-electron chi connectivity index (χ4n) is 4.52. The summed E-state index contributed by atoms with van der Waals surface area (Å²) < 4.78 is 0. The zero-order valence-electron chi connectivity index (χ0n) is 18.4. The van der Waals surface area contributed by atoms with Crippen molar-refractivity contribution in [3.05, 3.63) is 151 Å². The smallest absolute Gasteiger partial charge is 0.116 e. The second-order valence-electron chi connectivity index (χ2n) is 8.04. The van der Waals surface area contributed by atoms with Crippen LogP contribution in [0.2, 0.25) is 0 Å². The van der Waals surface area contributed by atoms with Gasteiger partial charge in [-0.05, 0) is 59.2 Å². The van der Waals surface area contributed by atoms with Crippen molar-refractivity contribution in [3.8, 4) is 11.1 Å². The molecule has 0 saturated heterocycles. The quantitative estimate of drug-likeness (QED) is 0.305. The van der Waals surface area contributed by atoms with Gasteiger partial charge in [0, 0.05) is 0 Å². The second kappa shape index (κ2) is 10.8. The third-order valence-electron chi connectivity index (χ3n) is 6.04. The molecule has 0 radical (unpaired) electrons. The molecule has 0 aliphatic carbocycles. The Morgan fingerprint density at radius 2 is 0.788 bits per heavy atom. The molecule has 5 aromatic carbocycles. The lowest BCUT2D eigenvalue weighted by Gasteiger charge is -2.28. The minimum Gasteiger partial charge on any atom is -1.00 e. The van der Waals surface area contributed by atoms with Gasteiger partial charge < -0.3 is 17.0 Å². The van der Waals surface area contributed by atoms with Crippen molar-refractivity contribution in [1.29, 1.82) is 0 Å². The summed E-state index contributed by atoms with van der Waals surface area (Å²) in [5.74, 6) is 0. The Morgan fingerprint density at radius 1 is 0.394 bits per heavy atom. The fourth-order valence-corrected chi connectivity index (χ4v) is 8.75. The van der Waals surface area contributed by atoms with E-state index >= 15 is 0 Å². The number of hydrogen-bond donors (Lipinski definition) is 0. The van der Waals surface area contributed by atoms with Crippen molar-refractivity contribution in [3.63, 3.8) is 0 Å². The maximum absolute atomic E-state index is 2.37.